The Morgan fingerprint density at radius 3 is 2.35 bits per heavy atom. The molecule has 0 saturated heterocycles. The largest absolute Gasteiger partial charge is 0.0891 e. The molecule has 17 heavy (non-hydrogen) atoms. The van der Waals surface area contributed by atoms with Crippen LogP contribution in [0.15, 0.2) is 12.2 Å². The van der Waals surface area contributed by atoms with Crippen LogP contribution in [0.2, 0.25) is 0 Å². The van der Waals surface area contributed by atoms with Gasteiger partial charge in [0.25, 0.3) is 0 Å². The Labute approximate surface area is 108 Å². The van der Waals surface area contributed by atoms with Crippen molar-refractivity contribution in [3.8, 4) is 23.7 Å². The predicted molar refractivity (Wildman–Crippen MR) is 77.6 cm³/mol. The maximum Gasteiger partial charge on any atom is 0.00989 e. The van der Waals surface area contributed by atoms with Gasteiger partial charge in [0.1, 0.15) is 0 Å². The lowest BCUT2D eigenvalue weighted by Gasteiger charge is -1.96. The molecule has 0 amide bonds. The van der Waals surface area contributed by atoms with Gasteiger partial charge < -0.3 is 0 Å². The lowest BCUT2D eigenvalue weighted by atomic mass is 10.1. The lowest BCUT2D eigenvalue weighted by Crippen LogP contribution is -1.77. The van der Waals surface area contributed by atoms with E-state index in [2.05, 4.69) is 43.6 Å². The molecule has 0 radical (unpaired) electrons. The lowest BCUT2D eigenvalue weighted by molar-refractivity contribution is 0.614. The summed E-state index contributed by atoms with van der Waals surface area (Å²) in [5.41, 5.74) is 0. The van der Waals surface area contributed by atoms with Crippen LogP contribution < -0.4 is 0 Å². The van der Waals surface area contributed by atoms with Gasteiger partial charge in [-0.05, 0) is 30.8 Å². The van der Waals surface area contributed by atoms with Crippen molar-refractivity contribution in [1.29, 1.82) is 0 Å². The second kappa shape index (κ2) is 14.9. The van der Waals surface area contributed by atoms with E-state index >= 15 is 0 Å². The highest BCUT2D eigenvalue weighted by Gasteiger charge is 1.87. The van der Waals surface area contributed by atoms with Crippen molar-refractivity contribution in [2.45, 2.75) is 71.6 Å². The van der Waals surface area contributed by atoms with Crippen LogP contribution in [0, 0.1) is 23.7 Å². The third-order valence-corrected chi connectivity index (χ3v) is 2.53. The summed E-state index contributed by atoms with van der Waals surface area (Å²) < 4.78 is 0. The summed E-state index contributed by atoms with van der Waals surface area (Å²) in [4.78, 5) is 0. The molecule has 0 aliphatic carbocycles. The monoisotopic (exact) mass is 230 g/mol. The van der Waals surface area contributed by atoms with Crippen molar-refractivity contribution >= 4 is 0 Å². The van der Waals surface area contributed by atoms with E-state index in [1.165, 1.54) is 44.9 Å². The number of unbranched alkanes of at least 4 members (excludes halogenated alkanes) is 7. The van der Waals surface area contributed by atoms with E-state index < -0.39 is 0 Å². The number of rotatable bonds is 8. The van der Waals surface area contributed by atoms with Crippen molar-refractivity contribution in [1.82, 2.24) is 0 Å². The molecule has 0 aliphatic heterocycles. The van der Waals surface area contributed by atoms with Crippen LogP contribution in [-0.4, -0.2) is 0 Å². The van der Waals surface area contributed by atoms with Crippen LogP contribution >= 0.6 is 0 Å². The maximum absolute atomic E-state index is 3.11. The smallest absolute Gasteiger partial charge is 0.00989 e. The van der Waals surface area contributed by atoms with Crippen LogP contribution in [0.3, 0.4) is 0 Å². The van der Waals surface area contributed by atoms with E-state index in [4.69, 9.17) is 0 Å². The van der Waals surface area contributed by atoms with Crippen molar-refractivity contribution in [2.75, 3.05) is 0 Å². The molecule has 0 aromatic rings. The van der Waals surface area contributed by atoms with Gasteiger partial charge >= 0.3 is 0 Å². The molecule has 0 heterocycles. The van der Waals surface area contributed by atoms with E-state index in [0.717, 1.165) is 12.8 Å². The number of allylic oxidation sites excluding steroid dienone is 2. The molecular formula is C17H26. The van der Waals surface area contributed by atoms with Gasteiger partial charge in [-0.25, -0.2) is 0 Å². The normalized spacial score (nSPS) is 9.53. The third kappa shape index (κ3) is 14.9. The summed E-state index contributed by atoms with van der Waals surface area (Å²) in [6, 6.07) is 0. The first-order valence-electron chi connectivity index (χ1n) is 7.05. The minimum atomic E-state index is 0.999. The van der Waals surface area contributed by atoms with Crippen molar-refractivity contribution in [3.05, 3.63) is 12.2 Å². The van der Waals surface area contributed by atoms with Crippen LogP contribution in [0.5, 0.6) is 0 Å². The molecule has 0 aliphatic rings. The molecule has 0 aromatic carbocycles. The predicted octanol–water partition coefficient (Wildman–Crippen LogP) is 5.10. The summed E-state index contributed by atoms with van der Waals surface area (Å²) in [7, 11) is 0. The Morgan fingerprint density at radius 1 is 0.824 bits per heavy atom. The van der Waals surface area contributed by atoms with E-state index in [9.17, 15) is 0 Å². The minimum absolute atomic E-state index is 0.999. The number of hydrogen-bond acceptors (Lipinski definition) is 0. The summed E-state index contributed by atoms with van der Waals surface area (Å²) in [5, 5.41) is 0. The van der Waals surface area contributed by atoms with Crippen LogP contribution in [-0.2, 0) is 0 Å². The molecular weight excluding hydrogens is 204 g/mol. The fourth-order valence-corrected chi connectivity index (χ4v) is 1.49. The zero-order valence-corrected chi connectivity index (χ0v) is 11.5. The topological polar surface area (TPSA) is 0 Å². The first-order valence-corrected chi connectivity index (χ1v) is 7.05. The highest BCUT2D eigenvalue weighted by Crippen LogP contribution is 2.05. The van der Waals surface area contributed by atoms with Gasteiger partial charge in [-0.3, -0.25) is 0 Å². The zero-order valence-electron chi connectivity index (χ0n) is 11.5. The van der Waals surface area contributed by atoms with E-state index in [0.29, 0.717) is 0 Å². The third-order valence-electron chi connectivity index (χ3n) is 2.53. The highest BCUT2D eigenvalue weighted by molar-refractivity contribution is 5.30. The standard InChI is InChI=1S/C17H26/c1-3-5-7-9-11-13-15-17-16-14-12-10-8-6-4-2/h7,9H,3-6,8,10,12,14,16H2,1-2H3. The Bertz CT molecular complexity index is 287. The molecule has 0 rings (SSSR count). The van der Waals surface area contributed by atoms with E-state index in [1.54, 1.807) is 0 Å². The fraction of sp³-hybridized carbons (Fsp3) is 0.647. The van der Waals surface area contributed by atoms with Crippen molar-refractivity contribution in [2.24, 2.45) is 0 Å². The van der Waals surface area contributed by atoms with Crippen LogP contribution in [0.4, 0.5) is 0 Å². The molecule has 0 aromatic heterocycles. The van der Waals surface area contributed by atoms with Crippen molar-refractivity contribution < 1.29 is 0 Å². The van der Waals surface area contributed by atoms with E-state index in [1.807, 2.05) is 6.08 Å². The average Bonchev–Trinajstić information content (AvgIpc) is 2.35. The van der Waals surface area contributed by atoms with Gasteiger partial charge in [-0.2, -0.15) is 0 Å². The van der Waals surface area contributed by atoms with Gasteiger partial charge in [-0.15, -0.1) is 0 Å². The quantitative estimate of drug-likeness (QED) is 0.402. The Balaban J connectivity index is 3.36. The SMILES string of the molecule is CCCC=CC#CC#CCCCCCCCC. The number of hydrogen-bond donors (Lipinski definition) is 0. The molecule has 0 bridgehead atoms. The van der Waals surface area contributed by atoms with Gasteiger partial charge in [0.2, 0.25) is 0 Å². The molecule has 0 spiro atoms. The Hall–Kier alpha value is -1.14. The molecule has 0 heteroatoms. The second-order valence-corrected chi connectivity index (χ2v) is 4.28. The Kier molecular flexibility index (Phi) is 13.9. The summed E-state index contributed by atoms with van der Waals surface area (Å²) >= 11 is 0. The van der Waals surface area contributed by atoms with Gasteiger partial charge in [0.05, 0.1) is 0 Å². The van der Waals surface area contributed by atoms with Crippen LogP contribution in [0.25, 0.3) is 0 Å². The van der Waals surface area contributed by atoms with Gasteiger partial charge in [0.15, 0.2) is 0 Å². The second-order valence-electron chi connectivity index (χ2n) is 4.28. The maximum atomic E-state index is 3.11. The summed E-state index contributed by atoms with van der Waals surface area (Å²) in [5.74, 6) is 11.8. The first kappa shape index (κ1) is 15.9. The Morgan fingerprint density at radius 2 is 1.59 bits per heavy atom. The first-order chi connectivity index (χ1) is 8.41. The van der Waals surface area contributed by atoms with E-state index in [-0.39, 0.29) is 0 Å². The molecule has 0 nitrogen and oxygen atoms in total. The van der Waals surface area contributed by atoms with Gasteiger partial charge in [0, 0.05) is 6.42 Å². The summed E-state index contributed by atoms with van der Waals surface area (Å²) in [6.07, 6.45) is 15.3. The highest BCUT2D eigenvalue weighted by atomic mass is 13.9. The zero-order chi connectivity index (χ0) is 12.6. The summed E-state index contributed by atoms with van der Waals surface area (Å²) in [6.45, 7) is 4.41. The molecule has 94 valence electrons. The molecule has 0 N–H and O–H groups in total. The average molecular weight is 230 g/mol. The molecule has 0 saturated carbocycles. The van der Waals surface area contributed by atoms with Crippen LogP contribution in [0.1, 0.15) is 71.6 Å². The minimum Gasteiger partial charge on any atom is -0.0891 e. The molecule has 0 fully saturated rings. The van der Waals surface area contributed by atoms with Crippen molar-refractivity contribution in [3.63, 3.8) is 0 Å². The fourth-order valence-electron chi connectivity index (χ4n) is 1.49. The molecule has 0 atom stereocenters. The van der Waals surface area contributed by atoms with Gasteiger partial charge in [-0.1, -0.05) is 70.3 Å². The molecule has 0 unspecified atom stereocenters.